The summed E-state index contributed by atoms with van der Waals surface area (Å²) in [5, 5.41) is 19.6. The Kier molecular flexibility index (Phi) is 5.45. The lowest BCUT2D eigenvalue weighted by Gasteiger charge is -2.27. The number of aryl methyl sites for hydroxylation is 1. The third kappa shape index (κ3) is 3.80. The fraction of sp³-hybridized carbons (Fsp3) is 0.538. The summed E-state index contributed by atoms with van der Waals surface area (Å²) in [6.07, 6.45) is 1.14. The molecule has 0 spiro atoms. The Morgan fingerprint density at radius 1 is 1.48 bits per heavy atom. The van der Waals surface area contributed by atoms with Gasteiger partial charge in [-0.15, -0.1) is 0 Å². The zero-order valence-electron chi connectivity index (χ0n) is 12.3. The molecule has 116 valence electrons. The number of carbonyl (C=O) groups excluding carboxylic acids is 1. The molecule has 21 heavy (non-hydrogen) atoms. The maximum Gasteiger partial charge on any atom is 0.305 e. The molecule has 0 saturated heterocycles. The van der Waals surface area contributed by atoms with Crippen LogP contribution in [0.5, 0.6) is 0 Å². The van der Waals surface area contributed by atoms with Crippen LogP contribution in [0.2, 0.25) is 0 Å². The molecule has 1 N–H and O–H groups in total. The number of carboxylic acid groups (broad SMARTS) is 1. The maximum absolute atomic E-state index is 12.5. The largest absolute Gasteiger partial charge is 0.481 e. The van der Waals surface area contributed by atoms with Crippen molar-refractivity contribution in [3.05, 3.63) is 28.1 Å². The summed E-state index contributed by atoms with van der Waals surface area (Å²) in [5.41, 5.74) is 0.0467. The molecular formula is C13H19N3O5. The van der Waals surface area contributed by atoms with Gasteiger partial charge in [-0.25, -0.2) is 0 Å². The van der Waals surface area contributed by atoms with Crippen molar-refractivity contribution in [3.8, 4) is 0 Å². The lowest BCUT2D eigenvalue weighted by molar-refractivity contribution is -0.384. The van der Waals surface area contributed by atoms with E-state index < -0.39 is 22.8 Å². The van der Waals surface area contributed by atoms with E-state index in [4.69, 9.17) is 5.11 Å². The second-order valence-electron chi connectivity index (χ2n) is 4.66. The Bertz CT molecular complexity index is 552. The molecule has 1 amide bonds. The van der Waals surface area contributed by atoms with Gasteiger partial charge in [0.2, 0.25) is 0 Å². The normalized spacial score (nSPS) is 12.0. The van der Waals surface area contributed by atoms with Crippen molar-refractivity contribution >= 4 is 17.6 Å². The third-order valence-corrected chi connectivity index (χ3v) is 3.26. The molecule has 1 rings (SSSR count). The number of amides is 1. The molecule has 0 fully saturated rings. The summed E-state index contributed by atoms with van der Waals surface area (Å²) in [5.74, 6) is -1.40. The topological polar surface area (TPSA) is 106 Å². The van der Waals surface area contributed by atoms with Gasteiger partial charge in [0.05, 0.1) is 17.5 Å². The predicted molar refractivity (Wildman–Crippen MR) is 75.2 cm³/mol. The quantitative estimate of drug-likeness (QED) is 0.609. The molecule has 1 heterocycles. The highest BCUT2D eigenvalue weighted by Crippen LogP contribution is 2.19. The summed E-state index contributed by atoms with van der Waals surface area (Å²) >= 11 is 0. The van der Waals surface area contributed by atoms with Crippen LogP contribution in [0, 0.1) is 10.1 Å². The van der Waals surface area contributed by atoms with Crippen molar-refractivity contribution in [2.24, 2.45) is 0 Å². The Hall–Kier alpha value is -2.38. The van der Waals surface area contributed by atoms with E-state index >= 15 is 0 Å². The zero-order chi connectivity index (χ0) is 16.2. The van der Waals surface area contributed by atoms with Crippen molar-refractivity contribution < 1.29 is 19.6 Å². The number of carbonyl (C=O) groups is 2. The van der Waals surface area contributed by atoms with E-state index in [2.05, 4.69) is 0 Å². The molecule has 0 aliphatic carbocycles. The molecule has 0 saturated carbocycles. The standard InChI is InChI=1S/C13H19N3O5/c1-4-14-8-10(16(20)21)7-11(14)13(19)15(5-2)9(3)6-12(17)18/h7-9H,4-6H2,1-3H3,(H,17,18). The second-order valence-corrected chi connectivity index (χ2v) is 4.66. The molecular weight excluding hydrogens is 278 g/mol. The van der Waals surface area contributed by atoms with Crippen LogP contribution in [0.4, 0.5) is 5.69 Å². The zero-order valence-corrected chi connectivity index (χ0v) is 12.3. The van der Waals surface area contributed by atoms with Gasteiger partial charge in [0.1, 0.15) is 5.69 Å². The number of carboxylic acids is 1. The van der Waals surface area contributed by atoms with Gasteiger partial charge in [-0.1, -0.05) is 0 Å². The van der Waals surface area contributed by atoms with Crippen molar-refractivity contribution in [3.63, 3.8) is 0 Å². The molecule has 0 radical (unpaired) electrons. The Morgan fingerprint density at radius 3 is 2.52 bits per heavy atom. The van der Waals surface area contributed by atoms with E-state index in [0.717, 1.165) is 0 Å². The highest BCUT2D eigenvalue weighted by molar-refractivity contribution is 5.94. The fourth-order valence-corrected chi connectivity index (χ4v) is 2.20. The average molecular weight is 297 g/mol. The lowest BCUT2D eigenvalue weighted by atomic mass is 10.2. The molecule has 0 aromatic carbocycles. The number of aliphatic carboxylic acids is 1. The number of nitrogens with zero attached hydrogens (tertiary/aromatic N) is 3. The third-order valence-electron chi connectivity index (χ3n) is 3.26. The summed E-state index contributed by atoms with van der Waals surface area (Å²) in [7, 11) is 0. The smallest absolute Gasteiger partial charge is 0.305 e. The molecule has 8 heteroatoms. The van der Waals surface area contributed by atoms with Gasteiger partial charge >= 0.3 is 5.97 Å². The van der Waals surface area contributed by atoms with Gasteiger partial charge in [0.25, 0.3) is 11.6 Å². The minimum absolute atomic E-state index is 0.151. The first kappa shape index (κ1) is 16.7. The van der Waals surface area contributed by atoms with Crippen molar-refractivity contribution in [1.29, 1.82) is 0 Å². The molecule has 8 nitrogen and oxygen atoms in total. The number of nitro groups is 1. The first-order valence-corrected chi connectivity index (χ1v) is 6.69. The second kappa shape index (κ2) is 6.87. The molecule has 0 aliphatic heterocycles. The first-order valence-electron chi connectivity index (χ1n) is 6.69. The number of hydrogen-bond acceptors (Lipinski definition) is 4. The van der Waals surface area contributed by atoms with Crippen LogP contribution < -0.4 is 0 Å². The van der Waals surface area contributed by atoms with E-state index in [1.165, 1.54) is 21.7 Å². The highest BCUT2D eigenvalue weighted by atomic mass is 16.6. The van der Waals surface area contributed by atoms with Crippen LogP contribution in [0.1, 0.15) is 37.7 Å². The molecule has 1 aromatic rings. The fourth-order valence-electron chi connectivity index (χ4n) is 2.20. The van der Waals surface area contributed by atoms with Gasteiger partial charge in [0, 0.05) is 25.2 Å². The van der Waals surface area contributed by atoms with E-state index in [0.29, 0.717) is 13.1 Å². The van der Waals surface area contributed by atoms with Crippen LogP contribution in [0.25, 0.3) is 0 Å². The molecule has 0 bridgehead atoms. The van der Waals surface area contributed by atoms with Crippen LogP contribution >= 0.6 is 0 Å². The van der Waals surface area contributed by atoms with E-state index in [1.54, 1.807) is 20.8 Å². The van der Waals surface area contributed by atoms with Gasteiger partial charge in [-0.2, -0.15) is 0 Å². The van der Waals surface area contributed by atoms with E-state index in [9.17, 15) is 19.7 Å². The van der Waals surface area contributed by atoms with Crippen LogP contribution in [-0.2, 0) is 11.3 Å². The van der Waals surface area contributed by atoms with Crippen molar-refractivity contribution in [2.75, 3.05) is 6.54 Å². The summed E-state index contributed by atoms with van der Waals surface area (Å²) in [4.78, 5) is 34.9. The minimum atomic E-state index is -0.995. The van der Waals surface area contributed by atoms with Crippen LogP contribution in [0.15, 0.2) is 12.3 Å². The average Bonchev–Trinajstić information content (AvgIpc) is 2.82. The van der Waals surface area contributed by atoms with Gasteiger partial charge in [-0.3, -0.25) is 19.7 Å². The van der Waals surface area contributed by atoms with Crippen LogP contribution in [0.3, 0.4) is 0 Å². The SMILES string of the molecule is CCN(C(=O)c1cc([N+](=O)[O-])cn1CC)C(C)CC(=O)O. The number of aromatic nitrogens is 1. The van der Waals surface area contributed by atoms with Crippen molar-refractivity contribution in [1.82, 2.24) is 9.47 Å². The Morgan fingerprint density at radius 2 is 2.10 bits per heavy atom. The first-order chi connectivity index (χ1) is 9.81. The molecule has 1 atom stereocenters. The summed E-state index contributed by atoms with van der Waals surface area (Å²) < 4.78 is 1.50. The predicted octanol–water partition coefficient (Wildman–Crippen LogP) is 1.74. The minimum Gasteiger partial charge on any atom is -0.481 e. The molecule has 0 aliphatic rings. The van der Waals surface area contributed by atoms with E-state index in [1.807, 2.05) is 0 Å². The highest BCUT2D eigenvalue weighted by Gasteiger charge is 2.26. The van der Waals surface area contributed by atoms with E-state index in [-0.39, 0.29) is 17.8 Å². The Labute approximate surface area is 122 Å². The molecule has 1 aromatic heterocycles. The van der Waals surface area contributed by atoms with Gasteiger partial charge < -0.3 is 14.6 Å². The van der Waals surface area contributed by atoms with Crippen molar-refractivity contribution in [2.45, 2.75) is 39.8 Å². The monoisotopic (exact) mass is 297 g/mol. The number of hydrogen-bond donors (Lipinski definition) is 1. The van der Waals surface area contributed by atoms with Gasteiger partial charge in [0.15, 0.2) is 0 Å². The Balaban J connectivity index is 3.09. The number of rotatable bonds is 7. The maximum atomic E-state index is 12.5. The van der Waals surface area contributed by atoms with Crippen LogP contribution in [-0.4, -0.2) is 44.0 Å². The lowest BCUT2D eigenvalue weighted by Crippen LogP contribution is -2.40. The molecule has 1 unspecified atom stereocenters. The summed E-state index contributed by atoms with van der Waals surface area (Å²) in [6.45, 7) is 5.90. The van der Waals surface area contributed by atoms with Gasteiger partial charge in [-0.05, 0) is 20.8 Å². The summed E-state index contributed by atoms with van der Waals surface area (Å²) in [6, 6.07) is 0.737.